The largest absolute Gasteiger partial charge is 0.497 e. The van der Waals surface area contributed by atoms with Crippen molar-refractivity contribution in [1.29, 1.82) is 0 Å². The Morgan fingerprint density at radius 3 is 2.50 bits per heavy atom. The van der Waals surface area contributed by atoms with Crippen molar-refractivity contribution in [2.75, 3.05) is 25.5 Å². The molecular weight excluding hydrogens is 410 g/mol. The number of furan rings is 1. The average molecular weight is 442 g/mol. The summed E-state index contributed by atoms with van der Waals surface area (Å²) in [6, 6.07) is 10.4. The van der Waals surface area contributed by atoms with Crippen molar-refractivity contribution in [3.8, 4) is 5.75 Å². The molecule has 0 spiro atoms. The summed E-state index contributed by atoms with van der Waals surface area (Å²) in [6.07, 6.45) is 7.62. The zero-order chi connectivity index (χ0) is 22.8. The summed E-state index contributed by atoms with van der Waals surface area (Å²) < 4.78 is 10.4. The fraction of sp³-hybridized carbons (Fsp3) is 0.458. The minimum absolute atomic E-state index is 0.0777. The van der Waals surface area contributed by atoms with Crippen molar-refractivity contribution in [3.63, 3.8) is 0 Å². The average Bonchev–Trinajstić information content (AvgIpc) is 3.50. The maximum atomic E-state index is 12.8. The van der Waals surface area contributed by atoms with E-state index in [0.29, 0.717) is 29.5 Å². The Morgan fingerprint density at radius 1 is 1.09 bits per heavy atom. The monoisotopic (exact) mass is 441 g/mol. The molecular formula is C24H31N3O5. The van der Waals surface area contributed by atoms with E-state index < -0.39 is 5.91 Å². The number of methoxy groups -OCH3 is 1. The Balaban J connectivity index is 1.48. The number of ether oxygens (including phenoxy) is 1. The molecule has 0 aliphatic heterocycles. The summed E-state index contributed by atoms with van der Waals surface area (Å²) in [4.78, 5) is 38.9. The van der Waals surface area contributed by atoms with Gasteiger partial charge in [0.25, 0.3) is 0 Å². The number of benzene rings is 1. The number of hydrogen-bond donors (Lipinski definition) is 2. The number of nitrogens with zero attached hydrogens (tertiary/aromatic N) is 1. The first-order valence-electron chi connectivity index (χ1n) is 11.0. The lowest BCUT2D eigenvalue weighted by Crippen LogP contribution is -2.42. The third kappa shape index (κ3) is 7.44. The zero-order valence-electron chi connectivity index (χ0n) is 18.5. The van der Waals surface area contributed by atoms with Crippen LogP contribution in [0.4, 0.5) is 5.69 Å². The Hall–Kier alpha value is -3.29. The van der Waals surface area contributed by atoms with Gasteiger partial charge in [0.15, 0.2) is 0 Å². The topological polar surface area (TPSA) is 101 Å². The SMILES string of the molecule is COc1ccc(NC(=O)CNC(=O)CN(Cc2ccco2)C(=O)CCC2CCCC2)cc1. The van der Waals surface area contributed by atoms with E-state index in [-0.39, 0.29) is 31.4 Å². The number of carbonyl (C=O) groups excluding carboxylic acids is 3. The van der Waals surface area contributed by atoms with E-state index in [4.69, 9.17) is 9.15 Å². The first-order chi connectivity index (χ1) is 15.5. The van der Waals surface area contributed by atoms with Crippen LogP contribution in [0.3, 0.4) is 0 Å². The summed E-state index contributed by atoms with van der Waals surface area (Å²) in [6.45, 7) is -0.0856. The lowest BCUT2D eigenvalue weighted by molar-refractivity contribution is -0.137. The molecule has 1 heterocycles. The lowest BCUT2D eigenvalue weighted by atomic mass is 10.0. The minimum atomic E-state index is -0.393. The van der Waals surface area contributed by atoms with Crippen molar-refractivity contribution in [2.45, 2.75) is 45.1 Å². The van der Waals surface area contributed by atoms with Crippen molar-refractivity contribution in [1.82, 2.24) is 10.2 Å². The van der Waals surface area contributed by atoms with Gasteiger partial charge >= 0.3 is 0 Å². The molecule has 1 aromatic heterocycles. The molecule has 0 bridgehead atoms. The van der Waals surface area contributed by atoms with E-state index in [1.807, 2.05) is 0 Å². The maximum Gasteiger partial charge on any atom is 0.243 e. The molecule has 1 aromatic carbocycles. The first kappa shape index (κ1) is 23.4. The van der Waals surface area contributed by atoms with Gasteiger partial charge in [0, 0.05) is 12.1 Å². The summed E-state index contributed by atoms with van der Waals surface area (Å²) >= 11 is 0. The minimum Gasteiger partial charge on any atom is -0.497 e. The molecule has 8 nitrogen and oxygen atoms in total. The third-order valence-corrected chi connectivity index (χ3v) is 5.68. The van der Waals surface area contributed by atoms with E-state index in [1.54, 1.807) is 49.8 Å². The molecule has 1 aliphatic carbocycles. The van der Waals surface area contributed by atoms with Crippen LogP contribution in [-0.2, 0) is 20.9 Å². The van der Waals surface area contributed by atoms with Crippen LogP contribution >= 0.6 is 0 Å². The van der Waals surface area contributed by atoms with Crippen LogP contribution in [0.1, 0.15) is 44.3 Å². The lowest BCUT2D eigenvalue weighted by Gasteiger charge is -2.22. The summed E-state index contributed by atoms with van der Waals surface area (Å²) in [5, 5.41) is 5.30. The Kier molecular flexibility index (Phi) is 8.71. The molecule has 3 amide bonds. The van der Waals surface area contributed by atoms with Gasteiger partial charge in [-0.2, -0.15) is 0 Å². The van der Waals surface area contributed by atoms with Gasteiger partial charge in [0.1, 0.15) is 18.1 Å². The molecule has 0 saturated heterocycles. The second kappa shape index (κ2) is 11.9. The van der Waals surface area contributed by atoms with E-state index in [2.05, 4.69) is 10.6 Å². The van der Waals surface area contributed by atoms with E-state index in [1.165, 1.54) is 30.6 Å². The molecule has 8 heteroatoms. The smallest absolute Gasteiger partial charge is 0.243 e. The molecule has 1 aliphatic rings. The summed E-state index contributed by atoms with van der Waals surface area (Å²) in [5.74, 6) is 1.07. The van der Waals surface area contributed by atoms with Gasteiger partial charge in [-0.1, -0.05) is 25.7 Å². The standard InChI is InChI=1S/C24H31N3O5/c1-31-20-11-9-19(10-12-20)26-22(28)15-25-23(29)17-27(16-21-7-4-14-32-21)24(30)13-8-18-5-2-3-6-18/h4,7,9-12,14,18H,2-3,5-6,8,13,15-17H2,1H3,(H,25,29)(H,26,28). The molecule has 1 fully saturated rings. The van der Waals surface area contributed by atoms with E-state index >= 15 is 0 Å². The van der Waals surface area contributed by atoms with Crippen molar-refractivity contribution < 1.29 is 23.5 Å². The number of nitrogens with one attached hydrogen (secondary N) is 2. The highest BCUT2D eigenvalue weighted by Gasteiger charge is 2.22. The van der Waals surface area contributed by atoms with Gasteiger partial charge in [-0.15, -0.1) is 0 Å². The van der Waals surface area contributed by atoms with Gasteiger partial charge in [0.05, 0.1) is 26.5 Å². The number of anilines is 1. The molecule has 1 saturated carbocycles. The molecule has 3 rings (SSSR count). The van der Waals surface area contributed by atoms with Crippen LogP contribution in [0.5, 0.6) is 5.75 Å². The van der Waals surface area contributed by atoms with Crippen LogP contribution in [0.15, 0.2) is 47.1 Å². The molecule has 2 N–H and O–H groups in total. The van der Waals surface area contributed by atoms with Gasteiger partial charge in [0.2, 0.25) is 17.7 Å². The molecule has 0 atom stereocenters. The third-order valence-electron chi connectivity index (χ3n) is 5.68. The molecule has 32 heavy (non-hydrogen) atoms. The van der Waals surface area contributed by atoms with Crippen LogP contribution < -0.4 is 15.4 Å². The highest BCUT2D eigenvalue weighted by molar-refractivity contribution is 5.95. The van der Waals surface area contributed by atoms with Crippen molar-refractivity contribution >= 4 is 23.4 Å². The van der Waals surface area contributed by atoms with Crippen LogP contribution in [-0.4, -0.2) is 42.8 Å². The number of amides is 3. The fourth-order valence-corrected chi connectivity index (χ4v) is 3.90. The second-order valence-corrected chi connectivity index (χ2v) is 8.07. The highest BCUT2D eigenvalue weighted by atomic mass is 16.5. The quantitative estimate of drug-likeness (QED) is 0.557. The predicted molar refractivity (Wildman–Crippen MR) is 120 cm³/mol. The number of hydrogen-bond acceptors (Lipinski definition) is 5. The summed E-state index contributed by atoms with van der Waals surface area (Å²) in [7, 11) is 1.57. The Morgan fingerprint density at radius 2 is 1.84 bits per heavy atom. The normalized spacial score (nSPS) is 13.5. The van der Waals surface area contributed by atoms with Crippen LogP contribution in [0, 0.1) is 5.92 Å². The van der Waals surface area contributed by atoms with Gasteiger partial charge in [-0.05, 0) is 48.7 Å². The highest BCUT2D eigenvalue weighted by Crippen LogP contribution is 2.28. The zero-order valence-corrected chi connectivity index (χ0v) is 18.5. The summed E-state index contributed by atoms with van der Waals surface area (Å²) in [5.41, 5.74) is 0.603. The molecule has 0 radical (unpaired) electrons. The van der Waals surface area contributed by atoms with E-state index in [0.717, 1.165) is 6.42 Å². The van der Waals surface area contributed by atoms with Gasteiger partial charge in [-0.3, -0.25) is 14.4 Å². The number of rotatable bonds is 11. The van der Waals surface area contributed by atoms with Gasteiger partial charge < -0.3 is 24.7 Å². The Bertz CT molecular complexity index is 874. The Labute approximate surface area is 188 Å². The predicted octanol–water partition coefficient (Wildman–Crippen LogP) is 3.34. The van der Waals surface area contributed by atoms with Crippen LogP contribution in [0.2, 0.25) is 0 Å². The van der Waals surface area contributed by atoms with E-state index in [9.17, 15) is 14.4 Å². The second-order valence-electron chi connectivity index (χ2n) is 8.07. The van der Waals surface area contributed by atoms with Crippen LogP contribution in [0.25, 0.3) is 0 Å². The molecule has 0 unspecified atom stereocenters. The first-order valence-corrected chi connectivity index (χ1v) is 11.0. The fourth-order valence-electron chi connectivity index (χ4n) is 3.90. The number of carbonyl (C=O) groups is 3. The molecule has 2 aromatic rings. The maximum absolute atomic E-state index is 12.8. The van der Waals surface area contributed by atoms with Crippen molar-refractivity contribution in [2.24, 2.45) is 5.92 Å². The van der Waals surface area contributed by atoms with Crippen molar-refractivity contribution in [3.05, 3.63) is 48.4 Å². The van der Waals surface area contributed by atoms with Gasteiger partial charge in [-0.25, -0.2) is 0 Å². The molecule has 172 valence electrons.